The van der Waals surface area contributed by atoms with Gasteiger partial charge in [0.1, 0.15) is 0 Å². The fourth-order valence-corrected chi connectivity index (χ4v) is 2.49. The number of rotatable bonds is 2. The molecular weight excluding hydrogens is 290 g/mol. The number of aromatic nitrogens is 3. The van der Waals surface area contributed by atoms with Gasteiger partial charge in [-0.05, 0) is 12.1 Å². The van der Waals surface area contributed by atoms with E-state index >= 15 is 0 Å². The summed E-state index contributed by atoms with van der Waals surface area (Å²) in [5.41, 5.74) is 0.794. The molecule has 0 spiro atoms. The first kappa shape index (κ1) is 13.4. The number of sulfone groups is 1. The molecule has 6 nitrogen and oxygen atoms in total. The van der Waals surface area contributed by atoms with Gasteiger partial charge < -0.3 is 4.57 Å². The highest BCUT2D eigenvalue weighted by atomic mass is 32.2. The molecule has 0 fully saturated rings. The van der Waals surface area contributed by atoms with E-state index in [0.717, 1.165) is 11.9 Å². The van der Waals surface area contributed by atoms with Crippen molar-refractivity contribution in [2.24, 2.45) is 0 Å². The summed E-state index contributed by atoms with van der Waals surface area (Å²) in [6.07, 6.45) is 3.85. The molecule has 0 amide bonds. The second-order valence-electron chi connectivity index (χ2n) is 4.55. The Balaban J connectivity index is 2.41. The van der Waals surface area contributed by atoms with Crippen LogP contribution in [0.1, 0.15) is 0 Å². The van der Waals surface area contributed by atoms with E-state index in [0.29, 0.717) is 0 Å². The number of hydrogen-bond donors (Lipinski definition) is 0. The number of hydrogen-bond acceptors (Lipinski definition) is 5. The summed E-state index contributed by atoms with van der Waals surface area (Å²) in [6, 6.07) is 10.6. The minimum absolute atomic E-state index is 0.253. The molecule has 0 saturated heterocycles. The van der Waals surface area contributed by atoms with Gasteiger partial charge in [-0.15, -0.1) is 0 Å². The maximum atomic E-state index is 11.9. The maximum Gasteiger partial charge on any atom is 0.248 e. The van der Waals surface area contributed by atoms with E-state index in [-0.39, 0.29) is 21.6 Å². The van der Waals surface area contributed by atoms with Crippen molar-refractivity contribution < 1.29 is 8.42 Å². The van der Waals surface area contributed by atoms with Crippen LogP contribution in [0.3, 0.4) is 0 Å². The zero-order valence-corrected chi connectivity index (χ0v) is 11.9. The van der Waals surface area contributed by atoms with Crippen molar-refractivity contribution in [1.82, 2.24) is 14.5 Å². The van der Waals surface area contributed by atoms with Crippen LogP contribution in [0.4, 0.5) is 0 Å². The summed E-state index contributed by atoms with van der Waals surface area (Å²) >= 11 is 0. The van der Waals surface area contributed by atoms with Crippen LogP contribution in [0.25, 0.3) is 16.7 Å². The second kappa shape index (κ2) is 4.78. The largest absolute Gasteiger partial charge is 0.301 e. The Morgan fingerprint density at radius 1 is 1.10 bits per heavy atom. The smallest absolute Gasteiger partial charge is 0.248 e. The quantitative estimate of drug-likeness (QED) is 0.664. The van der Waals surface area contributed by atoms with Gasteiger partial charge in [0.15, 0.2) is 11.1 Å². The van der Waals surface area contributed by atoms with Crippen molar-refractivity contribution >= 4 is 20.9 Å². The predicted octanol–water partition coefficient (Wildman–Crippen LogP) is 1.18. The Labute approximate surface area is 120 Å². The second-order valence-corrected chi connectivity index (χ2v) is 6.46. The molecule has 3 rings (SSSR count). The van der Waals surface area contributed by atoms with Crippen molar-refractivity contribution in [2.75, 3.05) is 6.26 Å². The van der Waals surface area contributed by atoms with Gasteiger partial charge in [-0.2, -0.15) is 4.98 Å². The molecule has 0 unspecified atom stereocenters. The van der Waals surface area contributed by atoms with Crippen molar-refractivity contribution in [3.05, 3.63) is 59.0 Å². The van der Waals surface area contributed by atoms with Gasteiger partial charge in [-0.3, -0.25) is 4.79 Å². The molecule has 3 aromatic rings. The summed E-state index contributed by atoms with van der Waals surface area (Å²) in [7, 11) is -3.54. The highest BCUT2D eigenvalue weighted by molar-refractivity contribution is 7.90. The molecule has 0 bridgehead atoms. The monoisotopic (exact) mass is 301 g/mol. The maximum absolute atomic E-state index is 11.9. The van der Waals surface area contributed by atoms with Crippen LogP contribution in [-0.4, -0.2) is 29.2 Å². The molecule has 0 N–H and O–H groups in total. The van der Waals surface area contributed by atoms with E-state index in [2.05, 4.69) is 9.97 Å². The first-order valence-electron chi connectivity index (χ1n) is 6.11. The first-order valence-corrected chi connectivity index (χ1v) is 8.00. The molecule has 0 aliphatic heterocycles. The Morgan fingerprint density at radius 2 is 1.81 bits per heavy atom. The number of fused-ring (bicyclic) bond motifs is 1. The lowest BCUT2D eigenvalue weighted by molar-refractivity contribution is 0.593. The Kier molecular flexibility index (Phi) is 3.06. The SMILES string of the molecule is CS(=O)(=O)c1ncc2c(=O)ccn(-c3ccccc3)c2n1. The summed E-state index contributed by atoms with van der Waals surface area (Å²) in [5, 5.41) is -0.0287. The fraction of sp³-hybridized carbons (Fsp3) is 0.0714. The highest BCUT2D eigenvalue weighted by Crippen LogP contribution is 2.15. The van der Waals surface area contributed by atoms with Crippen LogP contribution in [0.2, 0.25) is 0 Å². The molecule has 7 heteroatoms. The molecule has 1 aromatic carbocycles. The van der Waals surface area contributed by atoms with Crippen molar-refractivity contribution in [1.29, 1.82) is 0 Å². The molecule has 106 valence electrons. The third kappa shape index (κ3) is 2.43. The predicted molar refractivity (Wildman–Crippen MR) is 78.2 cm³/mol. The van der Waals surface area contributed by atoms with Gasteiger partial charge in [-0.1, -0.05) is 18.2 Å². The van der Waals surface area contributed by atoms with Crippen molar-refractivity contribution in [3.63, 3.8) is 0 Å². The molecule has 21 heavy (non-hydrogen) atoms. The zero-order chi connectivity index (χ0) is 15.0. The van der Waals surface area contributed by atoms with Gasteiger partial charge >= 0.3 is 0 Å². The molecule has 0 saturated carbocycles. The fourth-order valence-electron chi connectivity index (χ4n) is 1.99. The van der Waals surface area contributed by atoms with Gasteiger partial charge in [-0.25, -0.2) is 13.4 Å². The lowest BCUT2D eigenvalue weighted by Crippen LogP contribution is -2.12. The molecule has 2 aromatic heterocycles. The van der Waals surface area contributed by atoms with Crippen molar-refractivity contribution in [2.45, 2.75) is 5.16 Å². The van der Waals surface area contributed by atoms with E-state index in [1.807, 2.05) is 30.3 Å². The van der Waals surface area contributed by atoms with Gasteiger partial charge in [0.25, 0.3) is 0 Å². The van der Waals surface area contributed by atoms with E-state index in [4.69, 9.17) is 0 Å². The number of benzene rings is 1. The summed E-state index contributed by atoms with van der Waals surface area (Å²) in [6.45, 7) is 0. The molecule has 2 heterocycles. The highest BCUT2D eigenvalue weighted by Gasteiger charge is 2.14. The number of pyridine rings is 1. The average molecular weight is 301 g/mol. The average Bonchev–Trinajstić information content (AvgIpc) is 2.47. The molecule has 0 aliphatic rings. The summed E-state index contributed by atoms with van der Waals surface area (Å²) in [4.78, 5) is 19.7. The van der Waals surface area contributed by atoms with Crippen LogP contribution >= 0.6 is 0 Å². The Bertz CT molecular complexity index is 979. The minimum Gasteiger partial charge on any atom is -0.301 e. The van der Waals surface area contributed by atoms with Crippen LogP contribution in [0.5, 0.6) is 0 Å². The summed E-state index contributed by atoms with van der Waals surface area (Å²) in [5.74, 6) is 0. The van der Waals surface area contributed by atoms with E-state index < -0.39 is 9.84 Å². The normalized spacial score (nSPS) is 11.7. The van der Waals surface area contributed by atoms with Gasteiger partial charge in [0.2, 0.25) is 15.0 Å². The summed E-state index contributed by atoms with van der Waals surface area (Å²) < 4.78 is 24.9. The number of para-hydroxylation sites is 1. The zero-order valence-electron chi connectivity index (χ0n) is 11.1. The molecule has 0 aliphatic carbocycles. The lowest BCUT2D eigenvalue weighted by atomic mass is 10.2. The molecule has 0 radical (unpaired) electrons. The standard InChI is InChI=1S/C14H11N3O3S/c1-21(19,20)14-15-9-11-12(18)7-8-17(13(11)16-14)10-5-3-2-4-6-10/h2-9H,1H3. The number of nitrogens with zero attached hydrogens (tertiary/aromatic N) is 3. The third-order valence-electron chi connectivity index (χ3n) is 2.98. The topological polar surface area (TPSA) is 81.9 Å². The van der Waals surface area contributed by atoms with E-state index in [1.165, 1.54) is 12.3 Å². The lowest BCUT2D eigenvalue weighted by Gasteiger charge is -2.10. The van der Waals surface area contributed by atoms with Gasteiger partial charge in [0, 0.05) is 30.4 Å². The van der Waals surface area contributed by atoms with Crippen LogP contribution in [-0.2, 0) is 9.84 Å². The van der Waals surface area contributed by atoms with E-state index in [1.54, 1.807) is 10.8 Å². The Morgan fingerprint density at radius 3 is 2.48 bits per heavy atom. The van der Waals surface area contributed by atoms with Crippen LogP contribution in [0, 0.1) is 0 Å². The Hall–Kier alpha value is -2.54. The molecule has 0 atom stereocenters. The minimum atomic E-state index is -3.54. The van der Waals surface area contributed by atoms with E-state index in [9.17, 15) is 13.2 Å². The van der Waals surface area contributed by atoms with Crippen molar-refractivity contribution in [3.8, 4) is 5.69 Å². The molecular formula is C14H11N3O3S. The first-order chi connectivity index (χ1) is 9.97. The van der Waals surface area contributed by atoms with Gasteiger partial charge in [0.05, 0.1) is 5.39 Å². The third-order valence-corrected chi connectivity index (χ3v) is 3.84. The van der Waals surface area contributed by atoms with Crippen LogP contribution in [0.15, 0.2) is 58.7 Å². The van der Waals surface area contributed by atoms with Crippen LogP contribution < -0.4 is 5.43 Å².